The van der Waals surface area contributed by atoms with Crippen LogP contribution in [0, 0.1) is 5.92 Å². The fourth-order valence-electron chi connectivity index (χ4n) is 3.64. The molecular formula is C15H24N4O2. The Labute approximate surface area is 125 Å². The van der Waals surface area contributed by atoms with E-state index in [-0.39, 0.29) is 11.7 Å². The van der Waals surface area contributed by atoms with Crippen molar-refractivity contribution in [1.82, 2.24) is 19.9 Å². The monoisotopic (exact) mass is 292 g/mol. The summed E-state index contributed by atoms with van der Waals surface area (Å²) in [7, 11) is 0. The molecule has 1 saturated heterocycles. The van der Waals surface area contributed by atoms with E-state index in [2.05, 4.69) is 22.1 Å². The Balaban J connectivity index is 1.51. The maximum Gasteiger partial charge on any atom is 0.358 e. The molecule has 116 valence electrons. The van der Waals surface area contributed by atoms with Crippen molar-refractivity contribution in [3.8, 4) is 0 Å². The van der Waals surface area contributed by atoms with E-state index in [9.17, 15) is 4.79 Å². The zero-order valence-electron chi connectivity index (χ0n) is 12.6. The molecule has 6 heteroatoms. The molecule has 1 aliphatic heterocycles. The Hall–Kier alpha value is -1.43. The van der Waals surface area contributed by atoms with Crippen molar-refractivity contribution in [3.63, 3.8) is 0 Å². The fraction of sp³-hybridized carbons (Fsp3) is 0.800. The van der Waals surface area contributed by atoms with Gasteiger partial charge in [-0.1, -0.05) is 31.4 Å². The van der Waals surface area contributed by atoms with Crippen LogP contribution >= 0.6 is 0 Å². The van der Waals surface area contributed by atoms with E-state index in [1.165, 1.54) is 38.5 Å². The molecule has 0 spiro atoms. The van der Waals surface area contributed by atoms with Crippen molar-refractivity contribution >= 4 is 5.97 Å². The summed E-state index contributed by atoms with van der Waals surface area (Å²) in [6.45, 7) is 4.25. The first-order valence-corrected chi connectivity index (χ1v) is 8.06. The van der Waals surface area contributed by atoms with Crippen molar-refractivity contribution in [1.29, 1.82) is 0 Å². The van der Waals surface area contributed by atoms with Gasteiger partial charge >= 0.3 is 5.97 Å². The lowest BCUT2D eigenvalue weighted by Gasteiger charge is -2.44. The van der Waals surface area contributed by atoms with Gasteiger partial charge in [0.05, 0.1) is 12.2 Å². The van der Waals surface area contributed by atoms with Gasteiger partial charge in [0.25, 0.3) is 0 Å². The summed E-state index contributed by atoms with van der Waals surface area (Å²) in [4.78, 5) is 13.4. The van der Waals surface area contributed by atoms with Crippen LogP contribution in [0.3, 0.4) is 0 Å². The highest BCUT2D eigenvalue weighted by molar-refractivity contribution is 5.84. The highest BCUT2D eigenvalue weighted by atomic mass is 16.4. The van der Waals surface area contributed by atoms with Crippen LogP contribution in [-0.4, -0.2) is 50.1 Å². The number of nitrogens with zero attached hydrogens (tertiary/aromatic N) is 4. The number of carboxylic acid groups (broad SMARTS) is 1. The van der Waals surface area contributed by atoms with Gasteiger partial charge in [-0.2, -0.15) is 0 Å². The number of carbonyl (C=O) groups is 1. The molecule has 3 rings (SSSR count). The maximum atomic E-state index is 10.8. The van der Waals surface area contributed by atoms with E-state index in [4.69, 9.17) is 5.11 Å². The van der Waals surface area contributed by atoms with Gasteiger partial charge in [0.2, 0.25) is 0 Å². The third kappa shape index (κ3) is 3.10. The minimum absolute atomic E-state index is 0.0358. The summed E-state index contributed by atoms with van der Waals surface area (Å²) in [6.07, 6.45) is 9.56. The molecule has 1 N–H and O–H groups in total. The van der Waals surface area contributed by atoms with Gasteiger partial charge in [0, 0.05) is 19.1 Å². The Bertz CT molecular complexity index is 496. The van der Waals surface area contributed by atoms with Crippen molar-refractivity contribution in [2.75, 3.05) is 13.1 Å². The summed E-state index contributed by atoms with van der Waals surface area (Å²) in [6, 6.07) is 0.996. The third-order valence-corrected chi connectivity index (χ3v) is 5.15. The quantitative estimate of drug-likeness (QED) is 0.861. The van der Waals surface area contributed by atoms with E-state index < -0.39 is 5.97 Å². The van der Waals surface area contributed by atoms with E-state index in [1.54, 1.807) is 10.9 Å². The Morgan fingerprint density at radius 2 is 2.10 bits per heavy atom. The normalized spacial score (nSPS) is 28.0. The van der Waals surface area contributed by atoms with Gasteiger partial charge in [-0.15, -0.1) is 5.10 Å². The minimum Gasteiger partial charge on any atom is -0.476 e. The van der Waals surface area contributed by atoms with Crippen LogP contribution in [0.4, 0.5) is 0 Å². The topological polar surface area (TPSA) is 71.2 Å². The van der Waals surface area contributed by atoms with Gasteiger partial charge in [0.15, 0.2) is 5.69 Å². The standard InChI is InChI=1S/C15H24N4O2/c1-2-11-4-3-5-12(7-6-11)18-8-13(9-18)19-10-14(15(20)21)16-17-19/h10-13H,2-9H2,1H3,(H,20,21). The summed E-state index contributed by atoms with van der Waals surface area (Å²) in [5.74, 6) is -0.0904. The Morgan fingerprint density at radius 1 is 1.29 bits per heavy atom. The lowest BCUT2D eigenvalue weighted by molar-refractivity contribution is 0.0444. The molecule has 1 aromatic heterocycles. The van der Waals surface area contributed by atoms with Gasteiger partial charge < -0.3 is 5.11 Å². The van der Waals surface area contributed by atoms with E-state index in [0.29, 0.717) is 6.04 Å². The van der Waals surface area contributed by atoms with Crippen LogP contribution in [0.2, 0.25) is 0 Å². The van der Waals surface area contributed by atoms with Crippen molar-refractivity contribution in [3.05, 3.63) is 11.9 Å². The number of carboxylic acids is 1. The number of hydrogen-bond donors (Lipinski definition) is 1. The van der Waals surface area contributed by atoms with Crippen molar-refractivity contribution < 1.29 is 9.90 Å². The third-order valence-electron chi connectivity index (χ3n) is 5.15. The molecule has 2 unspecified atom stereocenters. The highest BCUT2D eigenvalue weighted by Crippen LogP contribution is 2.32. The largest absolute Gasteiger partial charge is 0.476 e. The average molecular weight is 292 g/mol. The van der Waals surface area contributed by atoms with Gasteiger partial charge in [-0.25, -0.2) is 9.48 Å². The van der Waals surface area contributed by atoms with Crippen LogP contribution < -0.4 is 0 Å². The van der Waals surface area contributed by atoms with E-state index in [1.807, 2.05) is 0 Å². The average Bonchev–Trinajstić information content (AvgIpc) is 2.77. The molecule has 0 radical (unpaired) electrons. The molecular weight excluding hydrogens is 268 g/mol. The van der Waals surface area contributed by atoms with E-state index >= 15 is 0 Å². The zero-order chi connectivity index (χ0) is 14.8. The second-order valence-corrected chi connectivity index (χ2v) is 6.43. The number of hydrogen-bond acceptors (Lipinski definition) is 4. The SMILES string of the molecule is CCC1CCCC(N2CC(n3cc(C(=O)O)nn3)C2)CC1. The smallest absolute Gasteiger partial charge is 0.358 e. The first-order chi connectivity index (χ1) is 10.2. The number of likely N-dealkylation sites (tertiary alicyclic amines) is 1. The van der Waals surface area contributed by atoms with Crippen LogP contribution in [-0.2, 0) is 0 Å². The van der Waals surface area contributed by atoms with Crippen LogP contribution in [0.15, 0.2) is 6.20 Å². The molecule has 0 aromatic carbocycles. The van der Waals surface area contributed by atoms with Gasteiger partial charge in [-0.3, -0.25) is 4.90 Å². The zero-order valence-corrected chi connectivity index (χ0v) is 12.6. The predicted molar refractivity (Wildman–Crippen MR) is 78.2 cm³/mol. The molecule has 1 saturated carbocycles. The molecule has 2 aliphatic rings. The molecule has 6 nitrogen and oxygen atoms in total. The molecule has 2 atom stereocenters. The fourth-order valence-corrected chi connectivity index (χ4v) is 3.64. The molecule has 2 heterocycles. The van der Waals surface area contributed by atoms with Gasteiger partial charge in [0.1, 0.15) is 0 Å². The number of rotatable bonds is 4. The molecule has 1 aliphatic carbocycles. The lowest BCUT2D eigenvalue weighted by atomic mass is 9.96. The first-order valence-electron chi connectivity index (χ1n) is 8.06. The maximum absolute atomic E-state index is 10.8. The second kappa shape index (κ2) is 6.13. The van der Waals surface area contributed by atoms with Crippen molar-refractivity contribution in [2.24, 2.45) is 5.92 Å². The first kappa shape index (κ1) is 14.5. The summed E-state index contributed by atoms with van der Waals surface area (Å²) in [5, 5.41) is 16.5. The minimum atomic E-state index is -1.01. The van der Waals surface area contributed by atoms with Crippen LogP contribution in [0.5, 0.6) is 0 Å². The van der Waals surface area contributed by atoms with Gasteiger partial charge in [-0.05, 0) is 25.2 Å². The van der Waals surface area contributed by atoms with Crippen LogP contribution in [0.25, 0.3) is 0 Å². The lowest BCUT2D eigenvalue weighted by Crippen LogP contribution is -2.52. The number of aromatic nitrogens is 3. The molecule has 0 amide bonds. The summed E-state index contributed by atoms with van der Waals surface area (Å²) >= 11 is 0. The van der Waals surface area contributed by atoms with Crippen LogP contribution in [0.1, 0.15) is 62.0 Å². The predicted octanol–water partition coefficient (Wildman–Crippen LogP) is 2.19. The van der Waals surface area contributed by atoms with Crippen molar-refractivity contribution in [2.45, 2.75) is 57.5 Å². The Kier molecular flexibility index (Phi) is 4.24. The van der Waals surface area contributed by atoms with E-state index in [0.717, 1.165) is 19.0 Å². The molecule has 21 heavy (non-hydrogen) atoms. The number of aromatic carboxylic acids is 1. The molecule has 0 bridgehead atoms. The second-order valence-electron chi connectivity index (χ2n) is 6.43. The summed E-state index contributed by atoms with van der Waals surface area (Å²) in [5.41, 5.74) is 0.0358. The Morgan fingerprint density at radius 3 is 2.76 bits per heavy atom. The summed E-state index contributed by atoms with van der Waals surface area (Å²) < 4.78 is 1.71. The highest BCUT2D eigenvalue weighted by Gasteiger charge is 2.35. The molecule has 2 fully saturated rings. The molecule has 1 aromatic rings.